The fourth-order valence-corrected chi connectivity index (χ4v) is 3.43. The fourth-order valence-electron chi connectivity index (χ4n) is 2.43. The van der Waals surface area contributed by atoms with E-state index in [0.29, 0.717) is 21.9 Å². The molecule has 8 heteroatoms. The minimum atomic E-state index is -0.440. The number of allylic oxidation sites excluding steroid dienone is 1. The molecule has 0 saturated carbocycles. The number of benzene rings is 2. The molecule has 0 aliphatic carbocycles. The maximum absolute atomic E-state index is 10.8. The van der Waals surface area contributed by atoms with Crippen molar-refractivity contribution in [2.45, 2.75) is 6.54 Å². The predicted molar refractivity (Wildman–Crippen MR) is 109 cm³/mol. The van der Waals surface area contributed by atoms with E-state index in [1.807, 2.05) is 34.2 Å². The summed E-state index contributed by atoms with van der Waals surface area (Å²) in [4.78, 5) is 11.1. The van der Waals surface area contributed by atoms with Gasteiger partial charge in [-0.25, -0.2) is 0 Å². The van der Waals surface area contributed by atoms with E-state index in [0.717, 1.165) is 11.3 Å². The molecular weight excluding hydrogens is 384 g/mol. The molecule has 0 unspecified atom stereocenters. The number of nitrogens with zero attached hydrogens (tertiary/aromatic N) is 4. The van der Waals surface area contributed by atoms with Crippen molar-refractivity contribution < 1.29 is 4.92 Å². The Labute approximate surface area is 164 Å². The summed E-state index contributed by atoms with van der Waals surface area (Å²) in [7, 11) is 0. The van der Waals surface area contributed by atoms with Crippen LogP contribution in [-0.4, -0.2) is 15.7 Å². The van der Waals surface area contributed by atoms with Crippen LogP contribution in [0.4, 0.5) is 5.69 Å². The number of hydrogen-bond donors (Lipinski definition) is 0. The van der Waals surface area contributed by atoms with Gasteiger partial charge in [0.2, 0.25) is 4.80 Å². The van der Waals surface area contributed by atoms with E-state index in [1.54, 1.807) is 18.2 Å². The van der Waals surface area contributed by atoms with Crippen molar-refractivity contribution in [3.8, 4) is 11.3 Å². The summed E-state index contributed by atoms with van der Waals surface area (Å²) in [6, 6.07) is 13.8. The molecule has 0 N–H and O–H groups in total. The molecule has 0 bridgehead atoms. The van der Waals surface area contributed by atoms with Gasteiger partial charge in [-0.1, -0.05) is 41.9 Å². The van der Waals surface area contributed by atoms with Gasteiger partial charge in [0.15, 0.2) is 0 Å². The van der Waals surface area contributed by atoms with E-state index in [9.17, 15) is 10.1 Å². The van der Waals surface area contributed by atoms with E-state index in [1.165, 1.54) is 29.7 Å². The number of aromatic nitrogens is 1. The highest BCUT2D eigenvalue weighted by Crippen LogP contribution is 2.22. The molecule has 136 valence electrons. The molecule has 3 rings (SSSR count). The molecule has 0 atom stereocenters. The van der Waals surface area contributed by atoms with Crippen molar-refractivity contribution in [3.63, 3.8) is 0 Å². The topological polar surface area (TPSA) is 72.8 Å². The molecular formula is C19H15ClN4O2S. The van der Waals surface area contributed by atoms with Gasteiger partial charge in [0.1, 0.15) is 0 Å². The number of thiazole rings is 1. The van der Waals surface area contributed by atoms with E-state index < -0.39 is 4.92 Å². The second kappa shape index (κ2) is 8.57. The summed E-state index contributed by atoms with van der Waals surface area (Å²) in [6.45, 7) is 4.37. The summed E-state index contributed by atoms with van der Waals surface area (Å²) in [6.07, 6.45) is 3.28. The Kier molecular flexibility index (Phi) is 5.95. The Morgan fingerprint density at radius 1 is 1.26 bits per heavy atom. The maximum atomic E-state index is 10.8. The molecule has 27 heavy (non-hydrogen) atoms. The zero-order valence-electron chi connectivity index (χ0n) is 14.2. The maximum Gasteiger partial charge on any atom is 0.270 e. The van der Waals surface area contributed by atoms with Crippen LogP contribution in [0.1, 0.15) is 5.56 Å². The fraction of sp³-hybridized carbons (Fsp3) is 0.0526. The van der Waals surface area contributed by atoms with E-state index in [2.05, 4.69) is 16.8 Å². The van der Waals surface area contributed by atoms with Crippen LogP contribution in [0.5, 0.6) is 0 Å². The average molecular weight is 399 g/mol. The smallest absolute Gasteiger partial charge is 0.270 e. The molecule has 0 spiro atoms. The second-order valence-electron chi connectivity index (χ2n) is 5.51. The molecule has 1 heterocycles. The van der Waals surface area contributed by atoms with Crippen LogP contribution in [0.25, 0.3) is 11.3 Å². The van der Waals surface area contributed by atoms with Gasteiger partial charge in [0.25, 0.3) is 5.69 Å². The van der Waals surface area contributed by atoms with Gasteiger partial charge in [-0.3, -0.25) is 10.1 Å². The molecule has 0 saturated heterocycles. The minimum Gasteiger partial charge on any atom is -0.311 e. The molecule has 6 nitrogen and oxygen atoms in total. The van der Waals surface area contributed by atoms with E-state index in [-0.39, 0.29) is 5.69 Å². The van der Waals surface area contributed by atoms with Crippen LogP contribution in [0.2, 0.25) is 5.02 Å². The van der Waals surface area contributed by atoms with Crippen molar-refractivity contribution in [2.24, 2.45) is 10.2 Å². The lowest BCUT2D eigenvalue weighted by Crippen LogP contribution is -2.14. The highest BCUT2D eigenvalue weighted by Gasteiger charge is 2.07. The number of nitro groups is 1. The van der Waals surface area contributed by atoms with Gasteiger partial charge in [0, 0.05) is 34.6 Å². The average Bonchev–Trinajstić information content (AvgIpc) is 3.06. The zero-order chi connectivity index (χ0) is 19.2. The Hall–Kier alpha value is -3.03. The molecule has 0 aliphatic rings. The summed E-state index contributed by atoms with van der Waals surface area (Å²) < 4.78 is 1.99. The number of nitro benzene ring substituents is 1. The van der Waals surface area contributed by atoms with Gasteiger partial charge in [-0.15, -0.1) is 23.0 Å². The lowest BCUT2D eigenvalue weighted by atomic mass is 10.2. The molecule has 0 amide bonds. The normalized spacial score (nSPS) is 11.8. The minimum absolute atomic E-state index is 0.0156. The Balaban J connectivity index is 1.94. The molecule has 3 aromatic rings. The number of hydrogen-bond acceptors (Lipinski definition) is 5. The van der Waals surface area contributed by atoms with Crippen LogP contribution in [0.15, 0.2) is 76.8 Å². The van der Waals surface area contributed by atoms with Crippen molar-refractivity contribution in [3.05, 3.63) is 92.1 Å². The summed E-state index contributed by atoms with van der Waals surface area (Å²) in [5.74, 6) is 0. The number of halogens is 1. The van der Waals surface area contributed by atoms with Gasteiger partial charge >= 0.3 is 0 Å². The van der Waals surface area contributed by atoms with Crippen molar-refractivity contribution in [1.82, 2.24) is 4.57 Å². The Bertz CT molecular complexity index is 1070. The van der Waals surface area contributed by atoms with Crippen molar-refractivity contribution >= 4 is 34.8 Å². The lowest BCUT2D eigenvalue weighted by Gasteiger charge is -2.06. The molecule has 2 aromatic carbocycles. The SMILES string of the molecule is C=CCn1c(-c2ccc(Cl)cc2)cs/c1=N\N=C/c1cccc([N+](=O)[O-])c1. The van der Waals surface area contributed by atoms with Crippen molar-refractivity contribution in [1.29, 1.82) is 0 Å². The van der Waals surface area contributed by atoms with Gasteiger partial charge < -0.3 is 4.57 Å². The molecule has 1 aromatic heterocycles. The zero-order valence-corrected chi connectivity index (χ0v) is 15.7. The quantitative estimate of drug-likeness (QED) is 0.256. The highest BCUT2D eigenvalue weighted by molar-refractivity contribution is 7.07. The predicted octanol–water partition coefficient (Wildman–Crippen LogP) is 4.90. The first-order chi connectivity index (χ1) is 13.1. The lowest BCUT2D eigenvalue weighted by molar-refractivity contribution is -0.384. The van der Waals surface area contributed by atoms with Crippen LogP contribution in [0.3, 0.4) is 0 Å². The van der Waals surface area contributed by atoms with Crippen LogP contribution >= 0.6 is 22.9 Å². The Morgan fingerprint density at radius 3 is 2.74 bits per heavy atom. The first-order valence-electron chi connectivity index (χ1n) is 7.95. The molecule has 0 radical (unpaired) electrons. The van der Waals surface area contributed by atoms with Crippen molar-refractivity contribution in [2.75, 3.05) is 0 Å². The van der Waals surface area contributed by atoms with Crippen LogP contribution in [0, 0.1) is 10.1 Å². The second-order valence-corrected chi connectivity index (χ2v) is 6.78. The molecule has 0 aliphatic heterocycles. The van der Waals surface area contributed by atoms with E-state index in [4.69, 9.17) is 11.6 Å². The van der Waals surface area contributed by atoms with Gasteiger partial charge in [-0.2, -0.15) is 5.10 Å². The first kappa shape index (κ1) is 18.8. The summed E-state index contributed by atoms with van der Waals surface area (Å²) in [5, 5.41) is 21.9. The number of non-ortho nitro benzene ring substituents is 1. The summed E-state index contributed by atoms with van der Waals surface area (Å²) >= 11 is 7.41. The Morgan fingerprint density at radius 2 is 2.04 bits per heavy atom. The summed E-state index contributed by atoms with van der Waals surface area (Å²) in [5.41, 5.74) is 2.63. The first-order valence-corrected chi connectivity index (χ1v) is 9.21. The third-order valence-corrected chi connectivity index (χ3v) is 4.79. The van der Waals surface area contributed by atoms with E-state index >= 15 is 0 Å². The number of rotatable bonds is 6. The largest absolute Gasteiger partial charge is 0.311 e. The third kappa shape index (κ3) is 4.58. The standard InChI is InChI=1S/C19H15ClN4O2S/c1-2-10-23-18(15-6-8-16(20)9-7-15)13-27-19(23)22-21-12-14-4-3-5-17(11-14)24(25)26/h2-9,11-13H,1,10H2/b21-12-,22-19-. The van der Waals surface area contributed by atoms with Crippen LogP contribution < -0.4 is 4.80 Å². The highest BCUT2D eigenvalue weighted by atomic mass is 35.5. The van der Waals surface area contributed by atoms with Crippen LogP contribution in [-0.2, 0) is 6.54 Å². The third-order valence-electron chi connectivity index (χ3n) is 3.68. The van der Waals surface area contributed by atoms with Gasteiger partial charge in [-0.05, 0) is 17.7 Å². The molecule has 0 fully saturated rings. The monoisotopic (exact) mass is 398 g/mol. The van der Waals surface area contributed by atoms with Gasteiger partial charge in [0.05, 0.1) is 16.8 Å².